The quantitative estimate of drug-likeness (QED) is 0.571. The van der Waals surface area contributed by atoms with E-state index < -0.39 is 0 Å². The van der Waals surface area contributed by atoms with Gasteiger partial charge in [-0.3, -0.25) is 9.59 Å². The Hall–Kier alpha value is -3.60. The Morgan fingerprint density at radius 1 is 0.767 bits per heavy atom. The van der Waals surface area contributed by atoms with Gasteiger partial charge in [0, 0.05) is 48.8 Å². The number of nitrogens with one attached hydrogen (secondary N) is 1. The number of aromatic amines is 1. The van der Waals surface area contributed by atoms with Crippen LogP contribution >= 0.6 is 0 Å². The molecule has 1 saturated heterocycles. The highest BCUT2D eigenvalue weighted by atomic mass is 16.2. The fraction of sp³-hybridized carbons (Fsp3) is 0.200. The summed E-state index contributed by atoms with van der Waals surface area (Å²) in [6.07, 6.45) is 2.30. The molecule has 0 saturated carbocycles. The molecular formula is C25H23N3O2. The van der Waals surface area contributed by atoms with Crippen LogP contribution in [-0.4, -0.2) is 52.8 Å². The number of amides is 2. The summed E-state index contributed by atoms with van der Waals surface area (Å²) >= 11 is 0. The summed E-state index contributed by atoms with van der Waals surface area (Å²) < 4.78 is 0. The minimum Gasteiger partial charge on any atom is -0.361 e. The van der Waals surface area contributed by atoms with Crippen LogP contribution in [0.4, 0.5) is 0 Å². The molecule has 150 valence electrons. The van der Waals surface area contributed by atoms with Crippen LogP contribution < -0.4 is 0 Å². The zero-order valence-corrected chi connectivity index (χ0v) is 16.7. The highest BCUT2D eigenvalue weighted by Gasteiger charge is 2.26. The molecule has 0 spiro atoms. The average molecular weight is 397 g/mol. The number of hydrogen-bond donors (Lipinski definition) is 1. The zero-order valence-electron chi connectivity index (χ0n) is 16.7. The minimum atomic E-state index is 0.0375. The molecule has 5 rings (SSSR count). The van der Waals surface area contributed by atoms with Crippen LogP contribution in [0.15, 0.2) is 72.9 Å². The van der Waals surface area contributed by atoms with Crippen LogP contribution in [-0.2, 0) is 11.2 Å². The molecule has 1 aliphatic rings. The van der Waals surface area contributed by atoms with Crippen molar-refractivity contribution in [2.45, 2.75) is 6.42 Å². The van der Waals surface area contributed by atoms with Crippen molar-refractivity contribution in [2.24, 2.45) is 0 Å². The first-order valence-electron chi connectivity index (χ1n) is 10.3. The summed E-state index contributed by atoms with van der Waals surface area (Å²) in [7, 11) is 0. The Morgan fingerprint density at radius 2 is 1.43 bits per heavy atom. The minimum absolute atomic E-state index is 0.0375. The maximum absolute atomic E-state index is 13.1. The van der Waals surface area contributed by atoms with Crippen molar-refractivity contribution >= 4 is 33.5 Å². The lowest BCUT2D eigenvalue weighted by atomic mass is 10.0. The number of piperazine rings is 1. The Bertz CT molecular complexity index is 1230. The summed E-state index contributed by atoms with van der Waals surface area (Å²) in [5, 5.41) is 3.13. The van der Waals surface area contributed by atoms with Crippen molar-refractivity contribution in [1.29, 1.82) is 0 Å². The van der Waals surface area contributed by atoms with Gasteiger partial charge in [-0.2, -0.15) is 0 Å². The van der Waals surface area contributed by atoms with E-state index in [2.05, 4.69) is 4.98 Å². The van der Waals surface area contributed by atoms with Gasteiger partial charge in [0.2, 0.25) is 5.91 Å². The standard InChI is InChI=1S/C25H23N3O2/c29-24(16-19-17-26-23-11-4-3-9-21(19)23)27-12-14-28(15-13-27)25(30)22-10-5-7-18-6-1-2-8-20(18)22/h1-11,17,26H,12-16H2. The second-order valence-electron chi connectivity index (χ2n) is 7.74. The van der Waals surface area contributed by atoms with E-state index in [1.54, 1.807) is 0 Å². The monoisotopic (exact) mass is 397 g/mol. The Balaban J connectivity index is 1.26. The molecule has 1 N–H and O–H groups in total. The third-order valence-electron chi connectivity index (χ3n) is 5.96. The number of rotatable bonds is 3. The lowest BCUT2D eigenvalue weighted by Gasteiger charge is -2.35. The number of carbonyl (C=O) groups is 2. The van der Waals surface area contributed by atoms with Gasteiger partial charge in [-0.25, -0.2) is 0 Å². The van der Waals surface area contributed by atoms with Crippen molar-refractivity contribution in [1.82, 2.24) is 14.8 Å². The van der Waals surface area contributed by atoms with Crippen molar-refractivity contribution in [2.75, 3.05) is 26.2 Å². The molecule has 0 atom stereocenters. The van der Waals surface area contributed by atoms with E-state index in [9.17, 15) is 9.59 Å². The number of para-hydroxylation sites is 1. The highest BCUT2D eigenvalue weighted by molar-refractivity contribution is 6.07. The molecule has 3 aromatic carbocycles. The molecule has 5 heteroatoms. The average Bonchev–Trinajstić information content (AvgIpc) is 3.21. The molecule has 2 amide bonds. The summed E-state index contributed by atoms with van der Waals surface area (Å²) in [6.45, 7) is 2.25. The number of benzene rings is 3. The molecule has 1 fully saturated rings. The predicted molar refractivity (Wildman–Crippen MR) is 118 cm³/mol. The number of fused-ring (bicyclic) bond motifs is 2. The maximum Gasteiger partial charge on any atom is 0.254 e. The first-order chi connectivity index (χ1) is 14.7. The summed E-state index contributed by atoms with van der Waals surface area (Å²) in [5.74, 6) is 0.146. The number of hydrogen-bond acceptors (Lipinski definition) is 2. The molecular weight excluding hydrogens is 374 g/mol. The summed E-state index contributed by atoms with van der Waals surface area (Å²) in [5.41, 5.74) is 2.79. The molecule has 2 heterocycles. The van der Waals surface area contributed by atoms with Gasteiger partial charge in [0.15, 0.2) is 0 Å². The first kappa shape index (κ1) is 18.4. The van der Waals surface area contributed by atoms with Crippen LogP contribution in [0, 0.1) is 0 Å². The molecule has 0 bridgehead atoms. The fourth-order valence-corrected chi connectivity index (χ4v) is 4.29. The van der Waals surface area contributed by atoms with Gasteiger partial charge in [0.1, 0.15) is 0 Å². The van der Waals surface area contributed by atoms with Gasteiger partial charge in [-0.15, -0.1) is 0 Å². The summed E-state index contributed by atoms with van der Waals surface area (Å²) in [6, 6.07) is 21.8. The number of nitrogens with zero attached hydrogens (tertiary/aromatic N) is 2. The lowest BCUT2D eigenvalue weighted by Crippen LogP contribution is -2.51. The SMILES string of the molecule is O=C(Cc1c[nH]c2ccccc12)N1CCN(C(=O)c2cccc3ccccc23)CC1. The van der Waals surface area contributed by atoms with Crippen LogP contribution in [0.5, 0.6) is 0 Å². The van der Waals surface area contributed by atoms with Crippen LogP contribution in [0.2, 0.25) is 0 Å². The van der Waals surface area contributed by atoms with Gasteiger partial charge in [-0.1, -0.05) is 54.6 Å². The van der Waals surface area contributed by atoms with E-state index in [0.29, 0.717) is 32.6 Å². The third kappa shape index (κ3) is 3.32. The number of carbonyl (C=O) groups excluding carboxylic acids is 2. The van der Waals surface area contributed by atoms with E-state index in [1.165, 1.54) is 0 Å². The summed E-state index contributed by atoms with van der Waals surface area (Å²) in [4.78, 5) is 32.9. The van der Waals surface area contributed by atoms with Crippen molar-refractivity contribution in [3.63, 3.8) is 0 Å². The lowest BCUT2D eigenvalue weighted by molar-refractivity contribution is -0.131. The van der Waals surface area contributed by atoms with Gasteiger partial charge in [0.25, 0.3) is 5.91 Å². The Kier molecular flexibility index (Phi) is 4.71. The van der Waals surface area contributed by atoms with E-state index in [-0.39, 0.29) is 11.8 Å². The zero-order chi connectivity index (χ0) is 20.5. The largest absolute Gasteiger partial charge is 0.361 e. The van der Waals surface area contributed by atoms with Crippen LogP contribution in [0.1, 0.15) is 15.9 Å². The van der Waals surface area contributed by atoms with Gasteiger partial charge < -0.3 is 14.8 Å². The van der Waals surface area contributed by atoms with E-state index in [1.807, 2.05) is 82.7 Å². The molecule has 0 aliphatic carbocycles. The highest BCUT2D eigenvalue weighted by Crippen LogP contribution is 2.22. The fourth-order valence-electron chi connectivity index (χ4n) is 4.29. The molecule has 1 aromatic heterocycles. The second-order valence-corrected chi connectivity index (χ2v) is 7.74. The van der Waals surface area contributed by atoms with E-state index >= 15 is 0 Å². The van der Waals surface area contributed by atoms with Crippen LogP contribution in [0.3, 0.4) is 0 Å². The smallest absolute Gasteiger partial charge is 0.254 e. The number of aromatic nitrogens is 1. The molecule has 4 aromatic rings. The maximum atomic E-state index is 13.1. The normalized spacial score (nSPS) is 14.4. The van der Waals surface area contributed by atoms with Crippen LogP contribution in [0.25, 0.3) is 21.7 Å². The Labute approximate surface area is 174 Å². The van der Waals surface area contributed by atoms with Crippen molar-refractivity contribution in [3.05, 3.63) is 84.1 Å². The molecule has 0 radical (unpaired) electrons. The third-order valence-corrected chi connectivity index (χ3v) is 5.96. The van der Waals surface area contributed by atoms with Gasteiger partial charge >= 0.3 is 0 Å². The van der Waals surface area contributed by atoms with Crippen molar-refractivity contribution in [3.8, 4) is 0 Å². The van der Waals surface area contributed by atoms with E-state index in [4.69, 9.17) is 0 Å². The second kappa shape index (κ2) is 7.67. The molecule has 0 unspecified atom stereocenters. The molecule has 30 heavy (non-hydrogen) atoms. The molecule has 1 aliphatic heterocycles. The van der Waals surface area contributed by atoms with Gasteiger partial charge in [0.05, 0.1) is 6.42 Å². The van der Waals surface area contributed by atoms with Gasteiger partial charge in [-0.05, 0) is 28.5 Å². The van der Waals surface area contributed by atoms with E-state index in [0.717, 1.165) is 32.8 Å². The Morgan fingerprint density at radius 3 is 2.27 bits per heavy atom. The molecule has 5 nitrogen and oxygen atoms in total. The topological polar surface area (TPSA) is 56.4 Å². The number of H-pyrrole nitrogens is 1. The predicted octanol–water partition coefficient (Wildman–Crippen LogP) is 3.85. The first-order valence-corrected chi connectivity index (χ1v) is 10.3. The van der Waals surface area contributed by atoms with Crippen molar-refractivity contribution < 1.29 is 9.59 Å².